The Kier molecular flexibility index (Phi) is 6.80. The van der Waals surface area contributed by atoms with Crippen LogP contribution in [0, 0.1) is 5.92 Å². The van der Waals surface area contributed by atoms with Crippen molar-refractivity contribution in [1.82, 2.24) is 29.6 Å². The number of carbonyl (C=O) groups excluding carboxylic acids is 2. The van der Waals surface area contributed by atoms with E-state index in [2.05, 4.69) is 32.1 Å². The van der Waals surface area contributed by atoms with Crippen molar-refractivity contribution in [3.63, 3.8) is 0 Å². The zero-order valence-electron chi connectivity index (χ0n) is 22.5. The van der Waals surface area contributed by atoms with E-state index in [1.807, 2.05) is 45.8 Å². The van der Waals surface area contributed by atoms with Gasteiger partial charge in [-0.25, -0.2) is 15.0 Å². The SMILES string of the molecule is O=C(Nc1cc(NCc2cn3cc(C4CC4)cc(C(=O)N4CCNCC4)c3n2)ncn1)[C@H]1C[C@@H]1c1cccc(Cl)c1. The van der Waals surface area contributed by atoms with Crippen LogP contribution < -0.4 is 16.0 Å². The molecule has 2 saturated carbocycles. The molecule has 10 nitrogen and oxygen atoms in total. The largest absolute Gasteiger partial charge is 0.364 e. The van der Waals surface area contributed by atoms with Crippen molar-refractivity contribution in [1.29, 1.82) is 0 Å². The van der Waals surface area contributed by atoms with E-state index in [0.717, 1.165) is 43.6 Å². The van der Waals surface area contributed by atoms with Gasteiger partial charge in [-0.2, -0.15) is 0 Å². The van der Waals surface area contributed by atoms with Gasteiger partial charge in [-0.15, -0.1) is 0 Å². The van der Waals surface area contributed by atoms with Crippen molar-refractivity contribution in [2.45, 2.75) is 37.6 Å². The molecule has 2 aliphatic carbocycles. The molecule has 7 rings (SSSR count). The maximum Gasteiger partial charge on any atom is 0.257 e. The molecule has 0 radical (unpaired) electrons. The van der Waals surface area contributed by atoms with Crippen LogP contribution in [0.2, 0.25) is 5.02 Å². The van der Waals surface area contributed by atoms with Gasteiger partial charge >= 0.3 is 0 Å². The fourth-order valence-electron chi connectivity index (χ4n) is 5.60. The van der Waals surface area contributed by atoms with Gasteiger partial charge in [0.05, 0.1) is 17.8 Å². The minimum absolute atomic E-state index is 0.0357. The Labute approximate surface area is 242 Å². The van der Waals surface area contributed by atoms with E-state index in [1.54, 1.807) is 6.07 Å². The van der Waals surface area contributed by atoms with Crippen LogP contribution in [0.4, 0.5) is 11.6 Å². The van der Waals surface area contributed by atoms with E-state index in [1.165, 1.54) is 11.9 Å². The highest BCUT2D eigenvalue weighted by atomic mass is 35.5. The van der Waals surface area contributed by atoms with Gasteiger partial charge in [-0.05, 0) is 60.4 Å². The minimum atomic E-state index is -0.101. The summed E-state index contributed by atoms with van der Waals surface area (Å²) in [6, 6.07) is 11.4. The van der Waals surface area contributed by atoms with Crippen LogP contribution in [0.1, 0.15) is 58.3 Å². The third kappa shape index (κ3) is 5.62. The number of halogens is 1. The summed E-state index contributed by atoms with van der Waals surface area (Å²) in [6.07, 6.45) is 8.60. The third-order valence-electron chi connectivity index (χ3n) is 8.08. The van der Waals surface area contributed by atoms with Gasteiger partial charge in [0.1, 0.15) is 23.6 Å². The number of nitrogens with zero attached hydrogens (tertiary/aromatic N) is 5. The van der Waals surface area contributed by atoms with Gasteiger partial charge < -0.3 is 25.3 Å². The molecule has 1 saturated heterocycles. The number of carbonyl (C=O) groups is 2. The zero-order chi connectivity index (χ0) is 27.9. The first-order valence-corrected chi connectivity index (χ1v) is 14.5. The summed E-state index contributed by atoms with van der Waals surface area (Å²) in [7, 11) is 0. The standard InChI is InChI=1S/C30H31ClN8O2/c31-21-3-1-2-19(10-21)23-12-24(23)29(40)37-27-13-26(34-17-35-27)33-14-22-16-39-15-20(18-4-5-18)11-25(28(39)36-22)30(41)38-8-6-32-7-9-38/h1-3,10-11,13,15-18,23-24,32H,4-9,12,14H2,(H2,33,34,35,37,40)/t23-,24+/m1/s1. The lowest BCUT2D eigenvalue weighted by Gasteiger charge is -2.27. The van der Waals surface area contributed by atoms with Crippen LogP contribution in [-0.4, -0.2) is 62.2 Å². The number of aromatic nitrogens is 4. The van der Waals surface area contributed by atoms with Gasteiger partial charge in [-0.1, -0.05) is 23.7 Å². The number of hydrogen-bond acceptors (Lipinski definition) is 7. The van der Waals surface area contributed by atoms with Crippen LogP contribution in [0.15, 0.2) is 55.1 Å². The highest BCUT2D eigenvalue weighted by Crippen LogP contribution is 2.48. The highest BCUT2D eigenvalue weighted by molar-refractivity contribution is 6.30. The highest BCUT2D eigenvalue weighted by Gasteiger charge is 2.44. The molecule has 4 heterocycles. The Balaban J connectivity index is 1.03. The molecule has 41 heavy (non-hydrogen) atoms. The first kappa shape index (κ1) is 25.9. The predicted octanol–water partition coefficient (Wildman–Crippen LogP) is 4.05. The predicted molar refractivity (Wildman–Crippen MR) is 156 cm³/mol. The first-order chi connectivity index (χ1) is 20.0. The second kappa shape index (κ2) is 10.8. The molecule has 3 aliphatic rings. The summed E-state index contributed by atoms with van der Waals surface area (Å²) >= 11 is 6.11. The summed E-state index contributed by atoms with van der Waals surface area (Å²) in [6.45, 7) is 3.41. The molecule has 0 unspecified atom stereocenters. The molecule has 2 amide bonds. The van der Waals surface area contributed by atoms with Gasteiger partial charge in [0.15, 0.2) is 0 Å². The summed E-state index contributed by atoms with van der Waals surface area (Å²) < 4.78 is 1.98. The van der Waals surface area contributed by atoms with E-state index in [0.29, 0.717) is 53.4 Å². The van der Waals surface area contributed by atoms with E-state index < -0.39 is 0 Å². The summed E-state index contributed by atoms with van der Waals surface area (Å²) in [5.74, 6) is 1.58. The molecule has 1 aliphatic heterocycles. The number of rotatable bonds is 8. The maximum absolute atomic E-state index is 13.5. The van der Waals surface area contributed by atoms with Crippen LogP contribution >= 0.6 is 11.6 Å². The van der Waals surface area contributed by atoms with Crippen molar-refractivity contribution in [2.24, 2.45) is 5.92 Å². The molecular formula is C30H31ClN8O2. The number of benzene rings is 1. The molecule has 3 aromatic heterocycles. The average molecular weight is 571 g/mol. The van der Waals surface area contributed by atoms with Gasteiger partial charge in [0, 0.05) is 55.6 Å². The Hall–Kier alpha value is -4.02. The van der Waals surface area contributed by atoms with Crippen LogP contribution in [-0.2, 0) is 11.3 Å². The van der Waals surface area contributed by atoms with Crippen LogP contribution in [0.5, 0.6) is 0 Å². The summed E-state index contributed by atoms with van der Waals surface area (Å²) in [5, 5.41) is 10.2. The van der Waals surface area contributed by atoms with E-state index in [-0.39, 0.29) is 23.7 Å². The zero-order valence-corrected chi connectivity index (χ0v) is 23.3. The first-order valence-electron chi connectivity index (χ1n) is 14.2. The lowest BCUT2D eigenvalue weighted by Crippen LogP contribution is -2.46. The molecule has 210 valence electrons. The van der Waals surface area contributed by atoms with Crippen LogP contribution in [0.25, 0.3) is 5.65 Å². The molecule has 4 aromatic rings. The number of nitrogens with one attached hydrogen (secondary N) is 3. The number of imidazole rings is 1. The minimum Gasteiger partial charge on any atom is -0.364 e. The normalized spacial score (nSPS) is 20.2. The average Bonchev–Trinajstić information content (AvgIpc) is 3.92. The molecule has 3 fully saturated rings. The van der Waals surface area contributed by atoms with Crippen molar-refractivity contribution in [2.75, 3.05) is 36.8 Å². The Bertz CT molecular complexity index is 1630. The van der Waals surface area contributed by atoms with Crippen molar-refractivity contribution in [3.05, 3.63) is 82.5 Å². The van der Waals surface area contributed by atoms with Crippen molar-refractivity contribution < 1.29 is 9.59 Å². The Morgan fingerprint density at radius 1 is 1.02 bits per heavy atom. The van der Waals surface area contributed by atoms with E-state index >= 15 is 0 Å². The second-order valence-electron chi connectivity index (χ2n) is 11.1. The third-order valence-corrected chi connectivity index (χ3v) is 8.31. The van der Waals surface area contributed by atoms with Crippen molar-refractivity contribution >= 4 is 40.7 Å². The molecule has 1 aromatic carbocycles. The second-order valence-corrected chi connectivity index (χ2v) is 11.5. The molecule has 3 N–H and O–H groups in total. The number of hydrogen-bond donors (Lipinski definition) is 3. The van der Waals surface area contributed by atoms with Gasteiger partial charge in [0.2, 0.25) is 5.91 Å². The smallest absolute Gasteiger partial charge is 0.257 e. The number of fused-ring (bicyclic) bond motifs is 1. The number of piperazine rings is 1. The van der Waals surface area contributed by atoms with E-state index in [4.69, 9.17) is 16.6 Å². The maximum atomic E-state index is 13.5. The van der Waals surface area contributed by atoms with Crippen LogP contribution in [0.3, 0.4) is 0 Å². The summed E-state index contributed by atoms with van der Waals surface area (Å²) in [4.78, 5) is 41.6. The lowest BCUT2D eigenvalue weighted by atomic mass is 10.1. The summed E-state index contributed by atoms with van der Waals surface area (Å²) in [5.41, 5.74) is 4.39. The molecule has 11 heteroatoms. The molecule has 2 atom stereocenters. The fourth-order valence-corrected chi connectivity index (χ4v) is 5.80. The van der Waals surface area contributed by atoms with E-state index in [9.17, 15) is 9.59 Å². The number of amides is 2. The van der Waals surface area contributed by atoms with Gasteiger partial charge in [0.25, 0.3) is 5.91 Å². The number of pyridine rings is 1. The molecular weight excluding hydrogens is 540 g/mol. The monoisotopic (exact) mass is 570 g/mol. The number of anilines is 2. The molecule has 0 bridgehead atoms. The Morgan fingerprint density at radius 3 is 2.66 bits per heavy atom. The quantitative estimate of drug-likeness (QED) is 0.292. The Morgan fingerprint density at radius 2 is 1.85 bits per heavy atom. The fraction of sp³-hybridized carbons (Fsp3) is 0.367. The molecule has 0 spiro atoms. The van der Waals surface area contributed by atoms with Crippen molar-refractivity contribution in [3.8, 4) is 0 Å². The topological polar surface area (TPSA) is 117 Å². The lowest BCUT2D eigenvalue weighted by molar-refractivity contribution is -0.117. The van der Waals surface area contributed by atoms with Gasteiger partial charge in [-0.3, -0.25) is 9.59 Å².